The lowest BCUT2D eigenvalue weighted by molar-refractivity contribution is -0.324. The van der Waals surface area contributed by atoms with E-state index in [-0.39, 0.29) is 24.4 Å². The second-order valence-electron chi connectivity index (χ2n) is 10.7. The normalized spacial score (nSPS) is 44.3. The lowest BCUT2D eigenvalue weighted by Gasteiger charge is -2.56. The molecule has 7 heteroatoms. The molecule has 4 fully saturated rings. The van der Waals surface area contributed by atoms with Crippen molar-refractivity contribution in [1.29, 1.82) is 0 Å². The molecular formula is C23H34F6O. The first-order valence-corrected chi connectivity index (χ1v) is 11.8. The van der Waals surface area contributed by atoms with Crippen LogP contribution in [0.1, 0.15) is 77.6 Å². The van der Waals surface area contributed by atoms with E-state index in [1.165, 1.54) is 0 Å². The van der Waals surface area contributed by atoms with Crippen molar-refractivity contribution in [3.05, 3.63) is 0 Å². The highest BCUT2D eigenvalue weighted by molar-refractivity contribution is 5.06. The van der Waals surface area contributed by atoms with Gasteiger partial charge >= 0.3 is 12.5 Å². The average molecular weight is 441 g/mol. The quantitative estimate of drug-likeness (QED) is 0.321. The molecule has 0 aromatic rings. The number of ether oxygens (including phenoxy) is 1. The highest BCUT2D eigenvalue weighted by Crippen LogP contribution is 2.65. The average Bonchev–Trinajstić information content (AvgIpc) is 2.99. The molecule has 4 aliphatic rings. The maximum atomic E-state index is 13.2. The van der Waals surface area contributed by atoms with E-state index in [4.69, 9.17) is 0 Å². The first-order chi connectivity index (χ1) is 14.0. The Balaban J connectivity index is 1.36. The van der Waals surface area contributed by atoms with Crippen molar-refractivity contribution in [1.82, 2.24) is 0 Å². The van der Waals surface area contributed by atoms with Gasteiger partial charge in [0.25, 0.3) is 0 Å². The molecule has 0 aliphatic heterocycles. The molecule has 1 nitrogen and oxygen atoms in total. The van der Waals surface area contributed by atoms with E-state index >= 15 is 0 Å². The zero-order valence-corrected chi connectivity index (χ0v) is 17.7. The van der Waals surface area contributed by atoms with E-state index in [0.29, 0.717) is 42.4 Å². The van der Waals surface area contributed by atoms with Crippen molar-refractivity contribution in [2.75, 3.05) is 6.61 Å². The van der Waals surface area contributed by atoms with Gasteiger partial charge in [-0.2, -0.15) is 13.2 Å². The van der Waals surface area contributed by atoms with Crippen LogP contribution >= 0.6 is 0 Å². The molecule has 0 aromatic carbocycles. The Morgan fingerprint density at radius 2 is 1.57 bits per heavy atom. The van der Waals surface area contributed by atoms with Crippen molar-refractivity contribution in [2.45, 2.75) is 90.1 Å². The number of hydrogen-bond acceptors (Lipinski definition) is 1. The van der Waals surface area contributed by atoms with E-state index < -0.39 is 18.5 Å². The number of fused-ring (bicyclic) bond motifs is 5. The molecule has 0 N–H and O–H groups in total. The Kier molecular flexibility index (Phi) is 6.17. The highest BCUT2D eigenvalue weighted by atomic mass is 19.4. The summed E-state index contributed by atoms with van der Waals surface area (Å²) in [6, 6.07) is 0. The number of halogens is 6. The van der Waals surface area contributed by atoms with Crippen LogP contribution in [-0.4, -0.2) is 19.1 Å². The van der Waals surface area contributed by atoms with Gasteiger partial charge in [-0.3, -0.25) is 4.74 Å². The minimum Gasteiger partial charge on any atom is -0.292 e. The van der Waals surface area contributed by atoms with E-state index in [9.17, 15) is 26.3 Å². The predicted molar refractivity (Wildman–Crippen MR) is 101 cm³/mol. The van der Waals surface area contributed by atoms with Gasteiger partial charge in [0.1, 0.15) is 0 Å². The summed E-state index contributed by atoms with van der Waals surface area (Å²) in [7, 11) is 0. The fraction of sp³-hybridized carbons (Fsp3) is 1.00. The zero-order chi connectivity index (χ0) is 21.7. The van der Waals surface area contributed by atoms with Gasteiger partial charge < -0.3 is 0 Å². The Morgan fingerprint density at radius 1 is 0.833 bits per heavy atom. The molecule has 4 saturated carbocycles. The lowest BCUT2D eigenvalue weighted by Crippen LogP contribution is -2.49. The second kappa shape index (κ2) is 8.15. The van der Waals surface area contributed by atoms with E-state index in [1.807, 2.05) is 0 Å². The second-order valence-corrected chi connectivity index (χ2v) is 10.7. The molecule has 0 heterocycles. The third kappa shape index (κ3) is 4.38. The summed E-state index contributed by atoms with van der Waals surface area (Å²) in [5.41, 5.74) is 0.176. The van der Waals surface area contributed by atoms with Crippen LogP contribution in [0.2, 0.25) is 0 Å². The van der Waals surface area contributed by atoms with Gasteiger partial charge in [0.05, 0.1) is 12.5 Å². The highest BCUT2D eigenvalue weighted by Gasteiger charge is 2.57. The maximum absolute atomic E-state index is 13.2. The van der Waals surface area contributed by atoms with Crippen LogP contribution in [0.5, 0.6) is 0 Å². The fourth-order valence-corrected chi connectivity index (χ4v) is 8.25. The van der Waals surface area contributed by atoms with Crippen molar-refractivity contribution >= 4 is 0 Å². The Hall–Kier alpha value is -0.460. The number of hydrogen-bond donors (Lipinski definition) is 0. The summed E-state index contributed by atoms with van der Waals surface area (Å²) < 4.78 is 80.3. The minimum absolute atomic E-state index is 0.176. The third-order valence-corrected chi connectivity index (χ3v) is 9.58. The van der Waals surface area contributed by atoms with Crippen molar-refractivity contribution in [2.24, 2.45) is 46.8 Å². The largest absolute Gasteiger partial charge is 0.522 e. The van der Waals surface area contributed by atoms with Gasteiger partial charge in [0.2, 0.25) is 0 Å². The molecule has 0 saturated heterocycles. The van der Waals surface area contributed by atoms with E-state index in [2.05, 4.69) is 11.7 Å². The van der Waals surface area contributed by atoms with Gasteiger partial charge in [-0.05, 0) is 112 Å². The standard InChI is InChI=1S/C23H34F6O/c1-21-11-10-18-17-8-5-16(22(24,25)26)13-14(17)4-7-19(18)20(21)9-6-15(21)3-2-12-30-23(27,28)29/h14-20H,2-13H2,1H3/t14-,15?,16+,17+,18?,19-,20?,21-/m1/s1. The molecule has 174 valence electrons. The van der Waals surface area contributed by atoms with Crippen LogP contribution < -0.4 is 0 Å². The summed E-state index contributed by atoms with van der Waals surface area (Å²) in [5.74, 6) is 1.76. The Bertz CT molecular complexity index is 601. The van der Waals surface area contributed by atoms with Gasteiger partial charge in [-0.25, -0.2) is 0 Å². The summed E-state index contributed by atoms with van der Waals surface area (Å²) in [6.45, 7) is 2.07. The number of alkyl halides is 6. The Morgan fingerprint density at radius 3 is 2.27 bits per heavy atom. The van der Waals surface area contributed by atoms with Crippen LogP contribution in [0.3, 0.4) is 0 Å². The third-order valence-electron chi connectivity index (χ3n) is 9.58. The van der Waals surface area contributed by atoms with E-state index in [1.54, 1.807) is 0 Å². The molecule has 0 spiro atoms. The fourth-order valence-electron chi connectivity index (χ4n) is 8.25. The Labute approximate surface area is 175 Å². The maximum Gasteiger partial charge on any atom is 0.522 e. The molecule has 0 amide bonds. The molecular weight excluding hydrogens is 406 g/mol. The minimum atomic E-state index is -4.55. The van der Waals surface area contributed by atoms with Crippen molar-refractivity contribution < 1.29 is 31.1 Å². The zero-order valence-electron chi connectivity index (χ0n) is 17.7. The molecule has 4 aliphatic carbocycles. The van der Waals surface area contributed by atoms with Crippen molar-refractivity contribution in [3.63, 3.8) is 0 Å². The number of rotatable bonds is 4. The molecule has 3 unspecified atom stereocenters. The van der Waals surface area contributed by atoms with Crippen LogP contribution in [0, 0.1) is 46.8 Å². The lowest BCUT2D eigenvalue weighted by atomic mass is 9.49. The monoisotopic (exact) mass is 440 g/mol. The van der Waals surface area contributed by atoms with Gasteiger partial charge in [-0.15, -0.1) is 13.2 Å². The molecule has 8 atom stereocenters. The molecule has 0 radical (unpaired) electrons. The summed E-state index contributed by atoms with van der Waals surface area (Å²) in [4.78, 5) is 0. The van der Waals surface area contributed by atoms with Gasteiger partial charge in [0, 0.05) is 0 Å². The van der Waals surface area contributed by atoms with Gasteiger partial charge in [-0.1, -0.05) is 6.92 Å². The van der Waals surface area contributed by atoms with Crippen LogP contribution in [0.25, 0.3) is 0 Å². The van der Waals surface area contributed by atoms with Gasteiger partial charge in [0.15, 0.2) is 0 Å². The molecule has 4 rings (SSSR count). The van der Waals surface area contributed by atoms with Crippen LogP contribution in [-0.2, 0) is 4.74 Å². The molecule has 30 heavy (non-hydrogen) atoms. The van der Waals surface area contributed by atoms with E-state index in [0.717, 1.165) is 51.4 Å². The van der Waals surface area contributed by atoms with Crippen molar-refractivity contribution in [3.8, 4) is 0 Å². The summed E-state index contributed by atoms with van der Waals surface area (Å²) >= 11 is 0. The topological polar surface area (TPSA) is 9.23 Å². The smallest absolute Gasteiger partial charge is 0.292 e. The summed E-state index contributed by atoms with van der Waals surface area (Å²) in [6.07, 6.45) is 0.272. The predicted octanol–water partition coefficient (Wildman–Crippen LogP) is 7.75. The first-order valence-electron chi connectivity index (χ1n) is 11.8. The van der Waals surface area contributed by atoms with Crippen LogP contribution in [0.15, 0.2) is 0 Å². The summed E-state index contributed by atoms with van der Waals surface area (Å²) in [5, 5.41) is 0. The molecule has 0 aromatic heterocycles. The molecule has 0 bridgehead atoms. The first kappa shape index (κ1) is 22.7. The SMILES string of the molecule is C[C@]12CCC3[C@@H](CC[C@@H]4C[C@@H](C(F)(F)F)CC[C@H]34)C1CCC2CCCOC(F)(F)F. The van der Waals surface area contributed by atoms with Crippen LogP contribution in [0.4, 0.5) is 26.3 Å².